The molecule has 0 saturated carbocycles. The normalized spacial score (nSPS) is 17.1. The Labute approximate surface area is 211 Å². The monoisotopic (exact) mass is 528 g/mol. The van der Waals surface area contributed by atoms with Gasteiger partial charge in [0.1, 0.15) is 5.82 Å². The van der Waals surface area contributed by atoms with Crippen LogP contribution < -0.4 is 21.5 Å². The zero-order valence-corrected chi connectivity index (χ0v) is 20.2. The largest absolute Gasteiger partial charge is 0.398 e. The summed E-state index contributed by atoms with van der Waals surface area (Å²) in [5.74, 6) is -0.419. The standard InChI is InChI=1S/C23H21ClN6O5S/c24-17-7-5-14(9-18(17)25)19-10-23(35-30-19,12-27-13-31)22(32)29-21-8-6-15(11-28-21)16-3-1-2-4-20(16)36(26,33)34/h1-9,11,13H,10,12,25H2,(H,27,31)(H2,26,33,34)(H,28,29,32)/t23-/m0/s1. The van der Waals surface area contributed by atoms with E-state index in [0.29, 0.717) is 39.5 Å². The summed E-state index contributed by atoms with van der Waals surface area (Å²) in [4.78, 5) is 33.9. The number of oxime groups is 1. The Bertz CT molecular complexity index is 1460. The minimum absolute atomic E-state index is 0.0422. The van der Waals surface area contributed by atoms with Gasteiger partial charge in [-0.3, -0.25) is 9.59 Å². The zero-order valence-electron chi connectivity index (χ0n) is 18.6. The third-order valence-corrected chi connectivity index (χ3v) is 6.82. The van der Waals surface area contributed by atoms with Gasteiger partial charge in [0.05, 0.1) is 27.9 Å². The number of nitrogens with one attached hydrogen (secondary N) is 2. The number of carbonyl (C=O) groups is 2. The van der Waals surface area contributed by atoms with Crippen molar-refractivity contribution in [1.82, 2.24) is 10.3 Å². The van der Waals surface area contributed by atoms with E-state index in [1.54, 1.807) is 42.5 Å². The lowest BCUT2D eigenvalue weighted by Gasteiger charge is -2.24. The first-order valence-corrected chi connectivity index (χ1v) is 12.4. The van der Waals surface area contributed by atoms with E-state index in [9.17, 15) is 18.0 Å². The maximum Gasteiger partial charge on any atom is 0.274 e. The lowest BCUT2D eigenvalue weighted by Crippen LogP contribution is -2.50. The number of halogens is 1. The number of sulfonamides is 1. The van der Waals surface area contributed by atoms with E-state index < -0.39 is 21.5 Å². The second-order valence-electron chi connectivity index (χ2n) is 7.96. The van der Waals surface area contributed by atoms with Crippen LogP contribution in [0.3, 0.4) is 0 Å². The summed E-state index contributed by atoms with van der Waals surface area (Å²) in [6.07, 6.45) is 1.90. The molecule has 1 aliphatic rings. The highest BCUT2D eigenvalue weighted by Crippen LogP contribution is 2.31. The zero-order chi connectivity index (χ0) is 25.9. The van der Waals surface area contributed by atoms with Gasteiger partial charge in [-0.05, 0) is 30.3 Å². The van der Waals surface area contributed by atoms with Crippen LogP contribution >= 0.6 is 11.6 Å². The molecule has 6 N–H and O–H groups in total. The molecule has 186 valence electrons. The quantitative estimate of drug-likeness (QED) is 0.254. The van der Waals surface area contributed by atoms with Crippen molar-refractivity contribution < 1.29 is 22.8 Å². The van der Waals surface area contributed by atoms with Gasteiger partial charge in [0, 0.05) is 29.3 Å². The number of benzene rings is 2. The molecule has 0 radical (unpaired) electrons. The second kappa shape index (κ2) is 9.93. The molecule has 2 amide bonds. The topological polar surface area (TPSA) is 179 Å². The van der Waals surface area contributed by atoms with E-state index in [0.717, 1.165) is 0 Å². The second-order valence-corrected chi connectivity index (χ2v) is 9.90. The van der Waals surface area contributed by atoms with Gasteiger partial charge in [-0.1, -0.05) is 41.0 Å². The molecule has 11 nitrogen and oxygen atoms in total. The maximum absolute atomic E-state index is 13.2. The lowest BCUT2D eigenvalue weighted by molar-refractivity contribution is -0.138. The van der Waals surface area contributed by atoms with Crippen molar-refractivity contribution >= 4 is 51.2 Å². The average molecular weight is 529 g/mol. The Balaban J connectivity index is 1.55. The number of primary sulfonamides is 1. The highest BCUT2D eigenvalue weighted by Gasteiger charge is 2.47. The van der Waals surface area contributed by atoms with E-state index in [1.807, 2.05) is 0 Å². The molecule has 1 aromatic heterocycles. The van der Waals surface area contributed by atoms with Crippen LogP contribution in [0.25, 0.3) is 11.1 Å². The number of carbonyl (C=O) groups excluding carboxylic acids is 2. The van der Waals surface area contributed by atoms with Crippen LogP contribution in [0.1, 0.15) is 12.0 Å². The minimum atomic E-state index is -3.95. The van der Waals surface area contributed by atoms with Crippen molar-refractivity contribution in [2.45, 2.75) is 16.9 Å². The number of nitrogens with two attached hydrogens (primary N) is 2. The molecule has 0 spiro atoms. The van der Waals surface area contributed by atoms with Gasteiger partial charge in [-0.2, -0.15) is 0 Å². The number of hydrogen-bond acceptors (Lipinski definition) is 8. The molecule has 2 heterocycles. The molecule has 0 saturated heterocycles. The predicted molar refractivity (Wildman–Crippen MR) is 135 cm³/mol. The van der Waals surface area contributed by atoms with E-state index >= 15 is 0 Å². The fourth-order valence-electron chi connectivity index (χ4n) is 3.67. The predicted octanol–water partition coefficient (Wildman–Crippen LogP) is 1.88. The summed E-state index contributed by atoms with van der Waals surface area (Å²) in [5, 5.41) is 14.9. The molecule has 13 heteroatoms. The Hall–Kier alpha value is -4.00. The number of aromatic nitrogens is 1. The van der Waals surface area contributed by atoms with Gasteiger partial charge >= 0.3 is 0 Å². The van der Waals surface area contributed by atoms with Gasteiger partial charge in [-0.25, -0.2) is 18.5 Å². The molecular weight excluding hydrogens is 508 g/mol. The van der Waals surface area contributed by atoms with Crippen LogP contribution in [0.4, 0.5) is 11.5 Å². The van der Waals surface area contributed by atoms with Crippen LogP contribution in [-0.4, -0.2) is 43.6 Å². The Morgan fingerprint density at radius 3 is 2.58 bits per heavy atom. The molecule has 0 unspecified atom stereocenters. The van der Waals surface area contributed by atoms with Gasteiger partial charge < -0.3 is 21.2 Å². The Morgan fingerprint density at radius 1 is 1.17 bits per heavy atom. The third kappa shape index (κ3) is 5.15. The molecule has 0 aliphatic carbocycles. The molecule has 1 atom stereocenters. The number of nitrogens with zero attached hydrogens (tertiary/aromatic N) is 2. The molecule has 0 fully saturated rings. The molecule has 2 aromatic carbocycles. The molecule has 3 aromatic rings. The van der Waals surface area contributed by atoms with Crippen molar-refractivity contribution in [2.24, 2.45) is 10.3 Å². The van der Waals surface area contributed by atoms with Crippen LogP contribution in [0.5, 0.6) is 0 Å². The number of hydrogen-bond donors (Lipinski definition) is 4. The number of amides is 2. The third-order valence-electron chi connectivity index (χ3n) is 5.51. The molecule has 36 heavy (non-hydrogen) atoms. The van der Waals surface area contributed by atoms with Crippen molar-refractivity contribution in [3.8, 4) is 11.1 Å². The van der Waals surface area contributed by atoms with Crippen LogP contribution in [-0.2, 0) is 24.4 Å². The van der Waals surface area contributed by atoms with E-state index in [2.05, 4.69) is 20.8 Å². The van der Waals surface area contributed by atoms with Gasteiger partial charge in [0.25, 0.3) is 5.91 Å². The maximum atomic E-state index is 13.2. The highest BCUT2D eigenvalue weighted by molar-refractivity contribution is 7.89. The Morgan fingerprint density at radius 2 is 1.92 bits per heavy atom. The smallest absolute Gasteiger partial charge is 0.274 e. The summed E-state index contributed by atoms with van der Waals surface area (Å²) in [6.45, 7) is -0.155. The van der Waals surface area contributed by atoms with Crippen molar-refractivity contribution in [3.05, 3.63) is 71.4 Å². The van der Waals surface area contributed by atoms with Crippen LogP contribution in [0.15, 0.2) is 70.8 Å². The summed E-state index contributed by atoms with van der Waals surface area (Å²) in [6, 6.07) is 14.3. The number of nitrogen functional groups attached to an aromatic ring is 1. The lowest BCUT2D eigenvalue weighted by atomic mass is 9.92. The first kappa shape index (κ1) is 25.1. The highest BCUT2D eigenvalue weighted by atomic mass is 35.5. The summed E-state index contributed by atoms with van der Waals surface area (Å²) in [7, 11) is -3.95. The number of anilines is 2. The van der Waals surface area contributed by atoms with Crippen LogP contribution in [0.2, 0.25) is 5.02 Å². The van der Waals surface area contributed by atoms with E-state index in [1.165, 1.54) is 18.3 Å². The van der Waals surface area contributed by atoms with Crippen molar-refractivity contribution in [1.29, 1.82) is 0 Å². The van der Waals surface area contributed by atoms with Gasteiger partial charge in [-0.15, -0.1) is 0 Å². The van der Waals surface area contributed by atoms with E-state index in [4.69, 9.17) is 27.3 Å². The summed E-state index contributed by atoms with van der Waals surface area (Å²) in [5.41, 5.74) is 6.60. The first-order chi connectivity index (χ1) is 17.1. The summed E-state index contributed by atoms with van der Waals surface area (Å²) < 4.78 is 23.8. The van der Waals surface area contributed by atoms with Crippen molar-refractivity contribution in [3.63, 3.8) is 0 Å². The molecule has 4 rings (SSSR count). The summed E-state index contributed by atoms with van der Waals surface area (Å²) >= 11 is 5.98. The van der Waals surface area contributed by atoms with E-state index in [-0.39, 0.29) is 23.7 Å². The van der Waals surface area contributed by atoms with Crippen LogP contribution in [0, 0.1) is 0 Å². The first-order valence-electron chi connectivity index (χ1n) is 10.5. The number of rotatable bonds is 8. The average Bonchev–Trinajstić information content (AvgIpc) is 3.30. The Kier molecular flexibility index (Phi) is 6.93. The van der Waals surface area contributed by atoms with Gasteiger partial charge in [0.2, 0.25) is 22.0 Å². The fourth-order valence-corrected chi connectivity index (χ4v) is 4.55. The molecule has 1 aliphatic heterocycles. The van der Waals surface area contributed by atoms with Crippen molar-refractivity contribution in [2.75, 3.05) is 17.6 Å². The molecule has 0 bridgehead atoms. The SMILES string of the molecule is Nc1cc(C2=NO[C@@](CNC=O)(C(=O)Nc3ccc(-c4ccccc4S(N)(=O)=O)cn3)C2)ccc1Cl. The molecular formula is C23H21ClN6O5S. The fraction of sp³-hybridized carbons (Fsp3) is 0.130. The van der Waals surface area contributed by atoms with Gasteiger partial charge in [0.15, 0.2) is 0 Å². The number of pyridine rings is 1. The minimum Gasteiger partial charge on any atom is -0.398 e.